The smallest absolute Gasteiger partial charge is 0.410 e. The van der Waals surface area contributed by atoms with E-state index in [0.717, 1.165) is 19.7 Å². The van der Waals surface area contributed by atoms with Crippen LogP contribution in [0.3, 0.4) is 0 Å². The second-order valence-corrected chi connectivity index (χ2v) is 5.02. The summed E-state index contributed by atoms with van der Waals surface area (Å²) in [5, 5.41) is 0. The zero-order valence-electron chi connectivity index (χ0n) is 8.95. The number of ether oxygens (including phenoxy) is 2. The van der Waals surface area contributed by atoms with Crippen LogP contribution in [0.2, 0.25) is 0 Å². The SMILES string of the molecule is CC(C)(C)OC(=O)N1CC([C@@H]2CO2)C1. The number of amides is 1. The van der Waals surface area contributed by atoms with Crippen molar-refractivity contribution in [2.75, 3.05) is 19.7 Å². The van der Waals surface area contributed by atoms with Crippen LogP contribution in [0.4, 0.5) is 4.79 Å². The Morgan fingerprint density at radius 3 is 2.43 bits per heavy atom. The number of carbonyl (C=O) groups excluding carboxylic acids is 1. The molecule has 0 aromatic rings. The highest BCUT2D eigenvalue weighted by atomic mass is 16.6. The van der Waals surface area contributed by atoms with Crippen LogP contribution in [-0.2, 0) is 9.47 Å². The van der Waals surface area contributed by atoms with Crippen LogP contribution < -0.4 is 0 Å². The normalized spacial score (nSPS) is 27.1. The van der Waals surface area contributed by atoms with Gasteiger partial charge in [0.1, 0.15) is 5.60 Å². The van der Waals surface area contributed by atoms with Crippen molar-refractivity contribution >= 4 is 6.09 Å². The largest absolute Gasteiger partial charge is 0.444 e. The molecule has 4 nitrogen and oxygen atoms in total. The molecule has 0 radical (unpaired) electrons. The van der Waals surface area contributed by atoms with Crippen LogP contribution in [0.1, 0.15) is 20.8 Å². The topological polar surface area (TPSA) is 42.1 Å². The minimum absolute atomic E-state index is 0.200. The first-order valence-corrected chi connectivity index (χ1v) is 5.05. The summed E-state index contributed by atoms with van der Waals surface area (Å²) in [6, 6.07) is 0. The molecule has 0 bridgehead atoms. The summed E-state index contributed by atoms with van der Waals surface area (Å²) >= 11 is 0. The van der Waals surface area contributed by atoms with Crippen molar-refractivity contribution in [2.24, 2.45) is 5.92 Å². The molecule has 0 aromatic carbocycles. The molecule has 0 saturated carbocycles. The van der Waals surface area contributed by atoms with Crippen LogP contribution in [0.25, 0.3) is 0 Å². The highest BCUT2D eigenvalue weighted by Gasteiger charge is 2.43. The number of rotatable bonds is 1. The van der Waals surface area contributed by atoms with Gasteiger partial charge in [0.15, 0.2) is 0 Å². The van der Waals surface area contributed by atoms with Crippen molar-refractivity contribution in [3.63, 3.8) is 0 Å². The van der Waals surface area contributed by atoms with E-state index in [1.807, 2.05) is 20.8 Å². The lowest BCUT2D eigenvalue weighted by Gasteiger charge is -2.39. The van der Waals surface area contributed by atoms with Crippen molar-refractivity contribution < 1.29 is 14.3 Å². The Hall–Kier alpha value is -0.770. The molecule has 1 atom stereocenters. The van der Waals surface area contributed by atoms with Crippen molar-refractivity contribution in [3.8, 4) is 0 Å². The third-order valence-electron chi connectivity index (χ3n) is 2.45. The molecule has 2 rings (SSSR count). The van der Waals surface area contributed by atoms with Crippen molar-refractivity contribution in [2.45, 2.75) is 32.5 Å². The van der Waals surface area contributed by atoms with E-state index >= 15 is 0 Å². The number of carbonyl (C=O) groups is 1. The van der Waals surface area contributed by atoms with Gasteiger partial charge in [-0.15, -0.1) is 0 Å². The lowest BCUT2D eigenvalue weighted by molar-refractivity contribution is -0.00482. The zero-order chi connectivity index (χ0) is 10.3. The first kappa shape index (κ1) is 9.77. The molecular weight excluding hydrogens is 182 g/mol. The number of hydrogen-bond acceptors (Lipinski definition) is 3. The maximum Gasteiger partial charge on any atom is 0.410 e. The lowest BCUT2D eigenvalue weighted by Crippen LogP contribution is -2.53. The van der Waals surface area contributed by atoms with Gasteiger partial charge in [-0.05, 0) is 20.8 Å². The van der Waals surface area contributed by atoms with Gasteiger partial charge in [0.2, 0.25) is 0 Å². The van der Waals surface area contributed by atoms with Crippen molar-refractivity contribution in [1.82, 2.24) is 4.90 Å². The van der Waals surface area contributed by atoms with Crippen LogP contribution in [0.5, 0.6) is 0 Å². The molecule has 4 heteroatoms. The Labute approximate surface area is 84.2 Å². The van der Waals surface area contributed by atoms with Gasteiger partial charge in [0.25, 0.3) is 0 Å². The predicted octanol–water partition coefficient (Wildman–Crippen LogP) is 1.25. The van der Waals surface area contributed by atoms with E-state index in [0.29, 0.717) is 12.0 Å². The summed E-state index contributed by atoms with van der Waals surface area (Å²) in [5.74, 6) is 0.544. The molecular formula is C10H17NO3. The number of nitrogens with zero attached hydrogens (tertiary/aromatic N) is 1. The number of likely N-dealkylation sites (tertiary alicyclic amines) is 1. The third kappa shape index (κ3) is 2.18. The summed E-state index contributed by atoms with van der Waals surface area (Å²) in [7, 11) is 0. The average molecular weight is 199 g/mol. The summed E-state index contributed by atoms with van der Waals surface area (Å²) in [4.78, 5) is 13.2. The fourth-order valence-electron chi connectivity index (χ4n) is 1.55. The van der Waals surface area contributed by atoms with E-state index in [1.54, 1.807) is 4.90 Å². The fraction of sp³-hybridized carbons (Fsp3) is 0.900. The predicted molar refractivity (Wildman–Crippen MR) is 51.0 cm³/mol. The molecule has 14 heavy (non-hydrogen) atoms. The molecule has 0 aromatic heterocycles. The summed E-state index contributed by atoms with van der Waals surface area (Å²) in [6.45, 7) is 8.09. The van der Waals surface area contributed by atoms with E-state index in [-0.39, 0.29) is 6.09 Å². The van der Waals surface area contributed by atoms with Gasteiger partial charge in [0.05, 0.1) is 12.7 Å². The highest BCUT2D eigenvalue weighted by Crippen LogP contribution is 2.29. The highest BCUT2D eigenvalue weighted by molar-refractivity contribution is 5.69. The maximum absolute atomic E-state index is 11.5. The molecule has 0 spiro atoms. The van der Waals surface area contributed by atoms with Gasteiger partial charge >= 0.3 is 6.09 Å². The quantitative estimate of drug-likeness (QED) is 0.597. The molecule has 2 aliphatic rings. The Balaban J connectivity index is 1.73. The van der Waals surface area contributed by atoms with E-state index in [1.165, 1.54) is 0 Å². The average Bonchev–Trinajstić information content (AvgIpc) is 2.61. The minimum atomic E-state index is -0.391. The Bertz CT molecular complexity index is 236. The zero-order valence-corrected chi connectivity index (χ0v) is 8.95. The second-order valence-electron chi connectivity index (χ2n) is 5.02. The molecule has 0 aliphatic carbocycles. The summed E-state index contributed by atoms with van der Waals surface area (Å²) in [6.07, 6.45) is 0.211. The Morgan fingerprint density at radius 1 is 1.43 bits per heavy atom. The molecule has 2 fully saturated rings. The van der Waals surface area contributed by atoms with E-state index in [9.17, 15) is 4.79 Å². The molecule has 2 heterocycles. The standard InChI is InChI=1S/C10H17NO3/c1-10(2,3)14-9(12)11-4-7(5-11)8-6-13-8/h7-8H,4-6H2,1-3H3/t8-/m0/s1. The maximum atomic E-state index is 11.5. The van der Waals surface area contributed by atoms with Crippen LogP contribution in [-0.4, -0.2) is 42.4 Å². The first-order valence-electron chi connectivity index (χ1n) is 5.05. The summed E-state index contributed by atoms with van der Waals surface area (Å²) < 4.78 is 10.4. The number of epoxide rings is 1. The van der Waals surface area contributed by atoms with Crippen LogP contribution in [0, 0.1) is 5.92 Å². The molecule has 2 aliphatic heterocycles. The lowest BCUT2D eigenvalue weighted by atomic mass is 9.97. The Morgan fingerprint density at radius 2 is 2.00 bits per heavy atom. The third-order valence-corrected chi connectivity index (χ3v) is 2.45. The molecule has 2 saturated heterocycles. The van der Waals surface area contributed by atoms with E-state index in [4.69, 9.17) is 9.47 Å². The van der Waals surface area contributed by atoms with E-state index < -0.39 is 5.60 Å². The minimum Gasteiger partial charge on any atom is -0.444 e. The molecule has 1 amide bonds. The first-order chi connectivity index (χ1) is 6.46. The van der Waals surface area contributed by atoms with Gasteiger partial charge in [-0.2, -0.15) is 0 Å². The molecule has 0 N–H and O–H groups in total. The Kier molecular flexibility index (Phi) is 2.18. The number of hydrogen-bond donors (Lipinski definition) is 0. The molecule has 80 valence electrons. The van der Waals surface area contributed by atoms with Gasteiger partial charge < -0.3 is 14.4 Å². The van der Waals surface area contributed by atoms with Crippen LogP contribution >= 0.6 is 0 Å². The van der Waals surface area contributed by atoms with Crippen molar-refractivity contribution in [3.05, 3.63) is 0 Å². The van der Waals surface area contributed by atoms with Crippen LogP contribution in [0.15, 0.2) is 0 Å². The van der Waals surface area contributed by atoms with E-state index in [2.05, 4.69) is 0 Å². The van der Waals surface area contributed by atoms with Gasteiger partial charge in [-0.25, -0.2) is 4.79 Å². The fourth-order valence-corrected chi connectivity index (χ4v) is 1.55. The molecule has 0 unspecified atom stereocenters. The monoisotopic (exact) mass is 199 g/mol. The van der Waals surface area contributed by atoms with Crippen molar-refractivity contribution in [1.29, 1.82) is 0 Å². The van der Waals surface area contributed by atoms with Gasteiger partial charge in [-0.3, -0.25) is 0 Å². The summed E-state index contributed by atoms with van der Waals surface area (Å²) in [5.41, 5.74) is -0.391. The second kappa shape index (κ2) is 3.12. The van der Waals surface area contributed by atoms with Gasteiger partial charge in [-0.1, -0.05) is 0 Å². The van der Waals surface area contributed by atoms with Gasteiger partial charge in [0, 0.05) is 19.0 Å².